The van der Waals surface area contributed by atoms with Crippen LogP contribution in [0.3, 0.4) is 0 Å². The van der Waals surface area contributed by atoms with Gasteiger partial charge in [0.25, 0.3) is 0 Å². The molecule has 3 aliphatic heterocycles. The summed E-state index contributed by atoms with van der Waals surface area (Å²) in [4.78, 5) is 13.4. The normalized spacial score (nSPS) is 20.0. The molecule has 3 aliphatic rings. The molecular weight excluding hydrogens is 444 g/mol. The smallest absolute Gasteiger partial charge is 0.217 e. The van der Waals surface area contributed by atoms with Gasteiger partial charge in [0.2, 0.25) is 5.96 Å². The average Bonchev–Trinajstić information content (AvgIpc) is 3.26. The molecular formula is C23H27F2N7O2. The van der Waals surface area contributed by atoms with Crippen LogP contribution in [0.15, 0.2) is 46.4 Å². The van der Waals surface area contributed by atoms with E-state index in [4.69, 9.17) is 15.2 Å². The maximum atomic E-state index is 14.2. The summed E-state index contributed by atoms with van der Waals surface area (Å²) < 4.78 is 38.6. The largest absolute Gasteiger partial charge is 0.491 e. The first-order valence-electron chi connectivity index (χ1n) is 11.2. The van der Waals surface area contributed by atoms with Crippen LogP contribution >= 0.6 is 0 Å². The van der Waals surface area contributed by atoms with E-state index in [1.165, 1.54) is 11.1 Å². The maximum absolute atomic E-state index is 14.2. The maximum Gasteiger partial charge on any atom is 0.217 e. The van der Waals surface area contributed by atoms with E-state index >= 15 is 0 Å². The number of aliphatic imine (C=N–C) groups is 2. The Morgan fingerprint density at radius 2 is 1.85 bits per heavy atom. The van der Waals surface area contributed by atoms with Crippen molar-refractivity contribution < 1.29 is 18.3 Å². The predicted octanol–water partition coefficient (Wildman–Crippen LogP) is 1.66. The van der Waals surface area contributed by atoms with Gasteiger partial charge in [-0.1, -0.05) is 0 Å². The highest BCUT2D eigenvalue weighted by Gasteiger charge is 2.35. The SMILES string of the molecule is COCCOc1ccc(N2CCN(CC3N=C4c5cc(F)cc(F)c5N=C(N)N4N3)CC2)cc1. The lowest BCUT2D eigenvalue weighted by atomic mass is 10.1. The van der Waals surface area contributed by atoms with Gasteiger partial charge < -0.3 is 20.1 Å². The molecule has 2 aromatic carbocycles. The standard InChI is InChI=1S/C23H27F2N7O2/c1-33-10-11-34-17-4-2-16(3-5-17)31-8-6-30(7-9-31)14-20-27-22-18-12-15(24)13-19(25)21(18)28-23(26)32(22)29-20/h2-5,12-13,20,29H,6-11,14H2,1H3,(H2,26,28). The van der Waals surface area contributed by atoms with Crippen LogP contribution in [0, 0.1) is 11.6 Å². The van der Waals surface area contributed by atoms with Crippen molar-refractivity contribution in [3.63, 3.8) is 0 Å². The van der Waals surface area contributed by atoms with Crippen molar-refractivity contribution in [3.8, 4) is 5.75 Å². The van der Waals surface area contributed by atoms with Crippen LogP contribution < -0.4 is 20.8 Å². The number of halogens is 2. The lowest BCUT2D eigenvalue weighted by molar-refractivity contribution is 0.146. The third-order valence-electron chi connectivity index (χ3n) is 6.05. The summed E-state index contributed by atoms with van der Waals surface area (Å²) in [6, 6.07) is 10.1. The number of nitrogens with zero attached hydrogens (tertiary/aromatic N) is 5. The van der Waals surface area contributed by atoms with Crippen LogP contribution in [0.1, 0.15) is 5.56 Å². The van der Waals surface area contributed by atoms with Gasteiger partial charge in [0.05, 0.1) is 12.2 Å². The van der Waals surface area contributed by atoms with Gasteiger partial charge in [-0.15, -0.1) is 0 Å². The molecule has 0 aromatic heterocycles. The van der Waals surface area contributed by atoms with E-state index in [1.807, 2.05) is 12.1 Å². The highest BCUT2D eigenvalue weighted by Crippen LogP contribution is 2.31. The van der Waals surface area contributed by atoms with Crippen molar-refractivity contribution in [1.29, 1.82) is 0 Å². The van der Waals surface area contributed by atoms with Crippen LogP contribution in [-0.4, -0.2) is 80.9 Å². The number of fused-ring (bicyclic) bond motifs is 3. The number of hydrogen-bond acceptors (Lipinski definition) is 9. The van der Waals surface area contributed by atoms with E-state index in [0.29, 0.717) is 31.2 Å². The van der Waals surface area contributed by atoms with E-state index in [1.54, 1.807) is 7.11 Å². The van der Waals surface area contributed by atoms with Gasteiger partial charge in [-0.05, 0) is 30.3 Å². The highest BCUT2D eigenvalue weighted by atomic mass is 19.1. The molecule has 2 aromatic rings. The van der Waals surface area contributed by atoms with E-state index in [2.05, 4.69) is 37.3 Å². The fraction of sp³-hybridized carbons (Fsp3) is 0.391. The summed E-state index contributed by atoms with van der Waals surface area (Å²) in [6.45, 7) is 5.19. The lowest BCUT2D eigenvalue weighted by Gasteiger charge is -2.36. The van der Waals surface area contributed by atoms with Gasteiger partial charge >= 0.3 is 0 Å². The van der Waals surface area contributed by atoms with Crippen LogP contribution in [0.5, 0.6) is 5.75 Å². The number of anilines is 1. The number of rotatable bonds is 7. The minimum atomic E-state index is -0.755. The van der Waals surface area contributed by atoms with Gasteiger partial charge in [-0.2, -0.15) is 5.43 Å². The molecule has 3 N–H and O–H groups in total. The van der Waals surface area contributed by atoms with Crippen LogP contribution in [0.25, 0.3) is 0 Å². The van der Waals surface area contributed by atoms with Gasteiger partial charge in [0.1, 0.15) is 30.0 Å². The molecule has 0 spiro atoms. The summed E-state index contributed by atoms with van der Waals surface area (Å²) in [5.41, 5.74) is 10.7. The number of hydrogen-bond donors (Lipinski definition) is 2. The zero-order chi connectivity index (χ0) is 23.7. The second-order valence-electron chi connectivity index (χ2n) is 8.31. The van der Waals surface area contributed by atoms with Crippen LogP contribution in [-0.2, 0) is 4.74 Å². The fourth-order valence-electron chi connectivity index (χ4n) is 4.33. The van der Waals surface area contributed by atoms with Gasteiger partial charge in [0, 0.05) is 51.6 Å². The number of nitrogens with one attached hydrogen (secondary N) is 1. The van der Waals surface area contributed by atoms with Crippen molar-refractivity contribution in [3.05, 3.63) is 53.6 Å². The van der Waals surface area contributed by atoms with Crippen molar-refractivity contribution in [2.75, 3.05) is 57.9 Å². The third kappa shape index (κ3) is 4.54. The Bertz CT molecular complexity index is 1100. The number of amidine groups is 1. The molecule has 1 saturated heterocycles. The van der Waals surface area contributed by atoms with E-state index in [-0.39, 0.29) is 17.8 Å². The molecule has 0 amide bonds. The Hall–Kier alpha value is -3.28. The number of benzene rings is 2. The minimum absolute atomic E-state index is 0.0140. The molecule has 0 bridgehead atoms. The molecule has 9 nitrogen and oxygen atoms in total. The molecule has 1 fully saturated rings. The molecule has 1 unspecified atom stereocenters. The monoisotopic (exact) mass is 471 g/mol. The second kappa shape index (κ2) is 9.53. The quantitative estimate of drug-likeness (QED) is 0.594. The Morgan fingerprint density at radius 3 is 2.59 bits per heavy atom. The van der Waals surface area contributed by atoms with Crippen molar-refractivity contribution >= 4 is 23.2 Å². The van der Waals surface area contributed by atoms with E-state index in [9.17, 15) is 8.78 Å². The number of piperazine rings is 1. The van der Waals surface area contributed by atoms with Gasteiger partial charge in [0.15, 0.2) is 11.7 Å². The van der Waals surface area contributed by atoms with Crippen molar-refractivity contribution in [2.24, 2.45) is 15.7 Å². The van der Waals surface area contributed by atoms with E-state index < -0.39 is 11.6 Å². The number of hydrazine groups is 1. The Balaban J connectivity index is 1.18. The molecule has 0 saturated carbocycles. The Labute approximate surface area is 196 Å². The summed E-state index contributed by atoms with van der Waals surface area (Å²) in [7, 11) is 1.65. The number of methoxy groups -OCH3 is 1. The zero-order valence-corrected chi connectivity index (χ0v) is 18.9. The summed E-state index contributed by atoms with van der Waals surface area (Å²) in [6.07, 6.45) is -0.295. The van der Waals surface area contributed by atoms with Crippen molar-refractivity contribution in [1.82, 2.24) is 15.3 Å². The van der Waals surface area contributed by atoms with E-state index in [0.717, 1.165) is 43.7 Å². The molecule has 3 heterocycles. The molecule has 0 radical (unpaired) electrons. The summed E-state index contributed by atoms with van der Waals surface area (Å²) in [5.74, 6) is -0.138. The molecule has 0 aliphatic carbocycles. The molecule has 180 valence electrons. The third-order valence-corrected chi connectivity index (χ3v) is 6.05. The number of nitrogens with two attached hydrogens (primary N) is 1. The lowest BCUT2D eigenvalue weighted by Crippen LogP contribution is -2.54. The average molecular weight is 472 g/mol. The summed E-state index contributed by atoms with van der Waals surface area (Å²) >= 11 is 0. The minimum Gasteiger partial charge on any atom is -0.491 e. The van der Waals surface area contributed by atoms with Crippen LogP contribution in [0.2, 0.25) is 0 Å². The summed E-state index contributed by atoms with van der Waals surface area (Å²) in [5, 5.41) is 1.50. The second-order valence-corrected chi connectivity index (χ2v) is 8.31. The Morgan fingerprint density at radius 1 is 1.09 bits per heavy atom. The first kappa shape index (κ1) is 22.5. The first-order chi connectivity index (χ1) is 16.5. The predicted molar refractivity (Wildman–Crippen MR) is 125 cm³/mol. The molecule has 5 rings (SSSR count). The van der Waals surface area contributed by atoms with Crippen molar-refractivity contribution in [2.45, 2.75) is 6.17 Å². The first-order valence-corrected chi connectivity index (χ1v) is 11.2. The number of ether oxygens (including phenoxy) is 2. The zero-order valence-electron chi connectivity index (χ0n) is 18.9. The van der Waals surface area contributed by atoms with Crippen LogP contribution in [0.4, 0.5) is 20.2 Å². The highest BCUT2D eigenvalue weighted by molar-refractivity contribution is 6.14. The Kier molecular flexibility index (Phi) is 6.31. The number of guanidine groups is 1. The van der Waals surface area contributed by atoms with Gasteiger partial charge in [-0.25, -0.2) is 23.8 Å². The fourth-order valence-corrected chi connectivity index (χ4v) is 4.33. The van der Waals surface area contributed by atoms with Gasteiger partial charge in [-0.3, -0.25) is 4.90 Å². The molecule has 11 heteroatoms. The molecule has 34 heavy (non-hydrogen) atoms. The molecule has 1 atom stereocenters. The topological polar surface area (TPSA) is 91.0 Å².